The molecule has 3 N–H and O–H groups in total. The fraction of sp³-hybridized carbons (Fsp3) is 0.444. The van der Waals surface area contributed by atoms with Crippen molar-refractivity contribution in [2.45, 2.75) is 26.3 Å². The fourth-order valence-electron chi connectivity index (χ4n) is 1.49. The van der Waals surface area contributed by atoms with Crippen LogP contribution in [0, 0.1) is 4.77 Å². The van der Waals surface area contributed by atoms with Crippen molar-refractivity contribution in [3.05, 3.63) is 17.0 Å². The lowest BCUT2D eigenvalue weighted by Crippen LogP contribution is -2.12. The smallest absolute Gasteiger partial charge is 0.214 e. The van der Waals surface area contributed by atoms with Crippen molar-refractivity contribution >= 4 is 12.2 Å². The minimum absolute atomic E-state index is 0.401. The normalized spacial score (nSPS) is 10.8. The zero-order valence-corrected chi connectivity index (χ0v) is 9.87. The molecule has 0 spiro atoms. The number of hydrogen-bond acceptors (Lipinski definition) is 4. The van der Waals surface area contributed by atoms with Gasteiger partial charge in [0.25, 0.3) is 0 Å². The molecule has 0 atom stereocenters. The van der Waals surface area contributed by atoms with Gasteiger partial charge >= 0.3 is 0 Å². The van der Waals surface area contributed by atoms with E-state index >= 15 is 0 Å². The summed E-state index contributed by atoms with van der Waals surface area (Å²) in [7, 11) is 0. The van der Waals surface area contributed by atoms with Crippen molar-refractivity contribution in [3.63, 3.8) is 0 Å². The first-order valence-electron chi connectivity index (χ1n) is 5.18. The van der Waals surface area contributed by atoms with Gasteiger partial charge < -0.3 is 5.84 Å². The Morgan fingerprint density at radius 1 is 1.56 bits per heavy atom. The predicted molar refractivity (Wildman–Crippen MR) is 63.7 cm³/mol. The second-order valence-corrected chi connectivity index (χ2v) is 3.90. The maximum absolute atomic E-state index is 5.77. The lowest BCUT2D eigenvalue weighted by atomic mass is 10.3. The number of aromatic amines is 1. The van der Waals surface area contributed by atoms with Crippen molar-refractivity contribution in [3.8, 4) is 11.5 Å². The number of aromatic nitrogens is 5. The Morgan fingerprint density at radius 3 is 3.00 bits per heavy atom. The van der Waals surface area contributed by atoms with Crippen LogP contribution in [-0.2, 0) is 6.54 Å². The number of H-pyrrole nitrogens is 1. The summed E-state index contributed by atoms with van der Waals surface area (Å²) < 4.78 is 3.64. The molecule has 2 rings (SSSR count). The first-order chi connectivity index (χ1) is 7.74. The van der Waals surface area contributed by atoms with Gasteiger partial charge in [-0.05, 0) is 24.7 Å². The van der Waals surface area contributed by atoms with E-state index in [0.717, 1.165) is 25.1 Å². The maximum atomic E-state index is 5.77. The topological polar surface area (TPSA) is 77.5 Å². The molecule has 86 valence electrons. The monoisotopic (exact) mass is 238 g/mol. The van der Waals surface area contributed by atoms with E-state index in [2.05, 4.69) is 22.2 Å². The van der Waals surface area contributed by atoms with Gasteiger partial charge in [0.1, 0.15) is 5.69 Å². The molecule has 7 heteroatoms. The number of unbranched alkanes of at least 4 members (excludes halogenated alkanes) is 1. The number of rotatable bonds is 4. The summed E-state index contributed by atoms with van der Waals surface area (Å²) in [6.45, 7) is 3.00. The molecule has 16 heavy (non-hydrogen) atoms. The summed E-state index contributed by atoms with van der Waals surface area (Å²) in [5.41, 5.74) is 0.878. The standard InChI is InChI=1S/C9H14N6S/c1-2-3-6-14-7(4-5-11-14)8-12-13-9(16)15(8)10/h4-5H,2-3,6,10H2,1H3,(H,13,16). The molecule has 0 unspecified atom stereocenters. The largest absolute Gasteiger partial charge is 0.335 e. The first kappa shape index (κ1) is 10.9. The number of nitrogens with two attached hydrogens (primary N) is 1. The molecule has 0 aliphatic carbocycles. The summed E-state index contributed by atoms with van der Waals surface area (Å²) in [4.78, 5) is 0. The van der Waals surface area contributed by atoms with Gasteiger partial charge in [-0.1, -0.05) is 13.3 Å². The van der Waals surface area contributed by atoms with Gasteiger partial charge in [-0.3, -0.25) is 4.68 Å². The fourth-order valence-corrected chi connectivity index (χ4v) is 1.63. The molecule has 0 radical (unpaired) electrons. The average molecular weight is 238 g/mol. The Bertz CT molecular complexity index is 522. The van der Waals surface area contributed by atoms with E-state index in [-0.39, 0.29) is 0 Å². The van der Waals surface area contributed by atoms with Crippen molar-refractivity contribution in [2.75, 3.05) is 5.84 Å². The number of nitrogen functional groups attached to an aromatic ring is 1. The molecule has 2 aromatic heterocycles. The van der Waals surface area contributed by atoms with Gasteiger partial charge in [-0.15, -0.1) is 0 Å². The third-order valence-electron chi connectivity index (χ3n) is 2.37. The van der Waals surface area contributed by atoms with Crippen molar-refractivity contribution in [1.82, 2.24) is 24.7 Å². The van der Waals surface area contributed by atoms with Crippen LogP contribution in [0.2, 0.25) is 0 Å². The van der Waals surface area contributed by atoms with E-state index in [1.165, 1.54) is 4.68 Å². The molecule has 2 heterocycles. The predicted octanol–water partition coefficient (Wildman–Crippen LogP) is 1.32. The summed E-state index contributed by atoms with van der Waals surface area (Å²) in [6.07, 6.45) is 3.93. The van der Waals surface area contributed by atoms with Gasteiger partial charge in [0.2, 0.25) is 4.77 Å². The zero-order chi connectivity index (χ0) is 11.5. The van der Waals surface area contributed by atoms with Crippen LogP contribution in [0.1, 0.15) is 19.8 Å². The third kappa shape index (κ3) is 1.85. The molecule has 0 saturated heterocycles. The van der Waals surface area contributed by atoms with E-state index in [9.17, 15) is 0 Å². The summed E-state index contributed by atoms with van der Waals surface area (Å²) in [5, 5.41) is 11.0. The van der Waals surface area contributed by atoms with Gasteiger partial charge in [-0.2, -0.15) is 10.2 Å². The van der Waals surface area contributed by atoms with Crippen LogP contribution < -0.4 is 5.84 Å². The second-order valence-electron chi connectivity index (χ2n) is 3.52. The highest BCUT2D eigenvalue weighted by Gasteiger charge is 2.11. The number of hydrogen-bond donors (Lipinski definition) is 2. The van der Waals surface area contributed by atoms with E-state index < -0.39 is 0 Å². The highest BCUT2D eigenvalue weighted by molar-refractivity contribution is 7.71. The molecule has 0 aromatic carbocycles. The summed E-state index contributed by atoms with van der Waals surface area (Å²) in [5.74, 6) is 6.38. The molecular weight excluding hydrogens is 224 g/mol. The Kier molecular flexibility index (Phi) is 3.04. The molecular formula is C9H14N6S. The number of nitrogens with one attached hydrogen (secondary N) is 1. The number of aryl methyl sites for hydroxylation is 1. The molecule has 0 amide bonds. The Balaban J connectivity index is 2.37. The van der Waals surface area contributed by atoms with Crippen molar-refractivity contribution in [1.29, 1.82) is 0 Å². The lowest BCUT2D eigenvalue weighted by molar-refractivity contribution is 0.574. The van der Waals surface area contributed by atoms with Crippen LogP contribution in [0.4, 0.5) is 0 Å². The van der Waals surface area contributed by atoms with E-state index in [0.29, 0.717) is 10.6 Å². The highest BCUT2D eigenvalue weighted by Crippen LogP contribution is 2.15. The van der Waals surface area contributed by atoms with Crippen LogP contribution >= 0.6 is 12.2 Å². The Morgan fingerprint density at radius 2 is 2.38 bits per heavy atom. The molecule has 0 aliphatic rings. The van der Waals surface area contributed by atoms with E-state index in [4.69, 9.17) is 18.1 Å². The SMILES string of the molecule is CCCCn1nccc1-c1n[nH]c(=S)n1N. The highest BCUT2D eigenvalue weighted by atomic mass is 32.1. The molecule has 0 bridgehead atoms. The van der Waals surface area contributed by atoms with E-state index in [1.54, 1.807) is 6.20 Å². The molecule has 0 saturated carbocycles. The Hall–Kier alpha value is -1.63. The van der Waals surface area contributed by atoms with Gasteiger partial charge in [0.05, 0.1) is 0 Å². The Labute approximate surface area is 98.1 Å². The van der Waals surface area contributed by atoms with E-state index in [1.807, 2.05) is 10.7 Å². The second kappa shape index (κ2) is 4.48. The van der Waals surface area contributed by atoms with Crippen molar-refractivity contribution < 1.29 is 0 Å². The van der Waals surface area contributed by atoms with Gasteiger partial charge in [0, 0.05) is 12.7 Å². The van der Waals surface area contributed by atoms with Crippen LogP contribution in [0.25, 0.3) is 11.5 Å². The minimum atomic E-state index is 0.401. The summed E-state index contributed by atoms with van der Waals surface area (Å²) in [6, 6.07) is 1.88. The molecule has 0 fully saturated rings. The lowest BCUT2D eigenvalue weighted by Gasteiger charge is -2.05. The molecule has 2 aromatic rings. The number of nitrogens with zero attached hydrogens (tertiary/aromatic N) is 4. The maximum Gasteiger partial charge on any atom is 0.214 e. The average Bonchev–Trinajstić information content (AvgIpc) is 2.85. The van der Waals surface area contributed by atoms with Gasteiger partial charge in [-0.25, -0.2) is 9.77 Å². The molecule has 6 nitrogen and oxygen atoms in total. The zero-order valence-electron chi connectivity index (χ0n) is 9.05. The van der Waals surface area contributed by atoms with Crippen LogP contribution in [-0.4, -0.2) is 24.7 Å². The third-order valence-corrected chi connectivity index (χ3v) is 2.66. The van der Waals surface area contributed by atoms with Crippen LogP contribution in [0.3, 0.4) is 0 Å². The molecule has 0 aliphatic heterocycles. The van der Waals surface area contributed by atoms with Gasteiger partial charge in [0.15, 0.2) is 5.82 Å². The minimum Gasteiger partial charge on any atom is -0.335 e. The first-order valence-corrected chi connectivity index (χ1v) is 5.59. The quantitative estimate of drug-likeness (QED) is 0.622. The summed E-state index contributed by atoms with van der Waals surface area (Å²) >= 11 is 4.97. The van der Waals surface area contributed by atoms with Crippen LogP contribution in [0.5, 0.6) is 0 Å². The van der Waals surface area contributed by atoms with Crippen LogP contribution in [0.15, 0.2) is 12.3 Å². The van der Waals surface area contributed by atoms with Crippen molar-refractivity contribution in [2.24, 2.45) is 0 Å².